The first kappa shape index (κ1) is 22.9. The molecule has 2 aromatic rings. The topological polar surface area (TPSA) is 79.0 Å². The molecule has 2 aromatic carbocycles. The highest BCUT2D eigenvalue weighted by Crippen LogP contribution is 2.42. The van der Waals surface area contributed by atoms with Gasteiger partial charge in [-0.1, -0.05) is 18.2 Å². The molecule has 0 aromatic heterocycles. The predicted molar refractivity (Wildman–Crippen MR) is 114 cm³/mol. The molecule has 2 atom stereocenters. The predicted octanol–water partition coefficient (Wildman–Crippen LogP) is 4.01. The second-order valence-corrected chi connectivity index (χ2v) is 8.73. The van der Waals surface area contributed by atoms with Gasteiger partial charge >= 0.3 is 6.18 Å². The molecule has 174 valence electrons. The number of phenols is 2. The Bertz CT molecular complexity index is 925. The minimum atomic E-state index is -4.30. The molecule has 2 aliphatic rings. The number of fused-ring (bicyclic) bond motifs is 1. The van der Waals surface area contributed by atoms with Crippen LogP contribution in [-0.2, 0) is 23.8 Å². The van der Waals surface area contributed by atoms with E-state index < -0.39 is 11.7 Å². The van der Waals surface area contributed by atoms with Crippen LogP contribution >= 0.6 is 0 Å². The van der Waals surface area contributed by atoms with Gasteiger partial charge < -0.3 is 25.6 Å². The van der Waals surface area contributed by atoms with Gasteiger partial charge in [0.15, 0.2) is 11.5 Å². The van der Waals surface area contributed by atoms with E-state index in [1.54, 1.807) is 18.2 Å². The molecule has 0 radical (unpaired) electrons. The highest BCUT2D eigenvalue weighted by molar-refractivity contribution is 5.51. The summed E-state index contributed by atoms with van der Waals surface area (Å²) in [5, 5.41) is 20.2. The van der Waals surface area contributed by atoms with Crippen LogP contribution in [0.5, 0.6) is 11.5 Å². The summed E-state index contributed by atoms with van der Waals surface area (Å²) in [6.07, 6.45) is -1.55. The SMILES string of the molecule is NCC1OC(C2CCN(CCc3ccc(C(F)(F)F)cc3)CC2)Cc2c1ccc(O)c2O. The van der Waals surface area contributed by atoms with Crippen molar-refractivity contribution in [3.63, 3.8) is 0 Å². The smallest absolute Gasteiger partial charge is 0.416 e. The van der Waals surface area contributed by atoms with E-state index in [4.69, 9.17) is 10.5 Å². The summed E-state index contributed by atoms with van der Waals surface area (Å²) in [5.74, 6) is 0.114. The molecule has 32 heavy (non-hydrogen) atoms. The minimum Gasteiger partial charge on any atom is -0.504 e. The Morgan fingerprint density at radius 1 is 1.03 bits per heavy atom. The first-order valence-corrected chi connectivity index (χ1v) is 11.0. The molecule has 5 nitrogen and oxygen atoms in total. The maximum absolute atomic E-state index is 12.7. The molecule has 4 rings (SSSR count). The van der Waals surface area contributed by atoms with Crippen LogP contribution in [0, 0.1) is 5.92 Å². The van der Waals surface area contributed by atoms with Gasteiger partial charge in [0.2, 0.25) is 0 Å². The lowest BCUT2D eigenvalue weighted by atomic mass is 9.83. The average Bonchev–Trinajstić information content (AvgIpc) is 2.79. The third-order valence-corrected chi connectivity index (χ3v) is 6.76. The lowest BCUT2D eigenvalue weighted by molar-refractivity contribution is -0.137. The Morgan fingerprint density at radius 3 is 2.34 bits per heavy atom. The zero-order chi connectivity index (χ0) is 22.9. The van der Waals surface area contributed by atoms with E-state index >= 15 is 0 Å². The highest BCUT2D eigenvalue weighted by atomic mass is 19.4. The number of hydrogen-bond acceptors (Lipinski definition) is 5. The number of benzene rings is 2. The summed E-state index contributed by atoms with van der Waals surface area (Å²) in [7, 11) is 0. The number of phenolic OH excluding ortho intramolecular Hbond substituents is 2. The van der Waals surface area contributed by atoms with Crippen molar-refractivity contribution in [3.05, 3.63) is 58.7 Å². The van der Waals surface area contributed by atoms with Gasteiger partial charge in [-0.25, -0.2) is 0 Å². The lowest BCUT2D eigenvalue weighted by Crippen LogP contribution is -2.42. The third kappa shape index (κ3) is 4.87. The number of nitrogens with zero attached hydrogens (tertiary/aromatic N) is 1. The number of nitrogens with two attached hydrogens (primary N) is 1. The molecule has 4 N–H and O–H groups in total. The zero-order valence-electron chi connectivity index (χ0n) is 17.8. The van der Waals surface area contributed by atoms with E-state index in [0.29, 0.717) is 25.3 Å². The number of piperidine rings is 1. The van der Waals surface area contributed by atoms with Crippen molar-refractivity contribution in [1.82, 2.24) is 4.90 Å². The van der Waals surface area contributed by atoms with E-state index in [9.17, 15) is 23.4 Å². The van der Waals surface area contributed by atoms with Gasteiger partial charge in [-0.2, -0.15) is 13.2 Å². The molecule has 0 amide bonds. The maximum atomic E-state index is 12.7. The van der Waals surface area contributed by atoms with Crippen LogP contribution in [0.4, 0.5) is 13.2 Å². The molecule has 8 heteroatoms. The maximum Gasteiger partial charge on any atom is 0.416 e. The van der Waals surface area contributed by atoms with Gasteiger partial charge in [-0.3, -0.25) is 0 Å². The standard InChI is InChI=1S/C24H29F3N2O3/c25-24(26,27)17-3-1-15(2-4-17)7-10-29-11-8-16(9-12-29)21-13-19-18(22(14-28)32-21)5-6-20(30)23(19)31/h1-6,16,21-22,30-31H,7-14,28H2. The number of halogens is 3. The number of aromatic hydroxyl groups is 2. The molecule has 2 heterocycles. The quantitative estimate of drug-likeness (QED) is 0.600. The number of alkyl halides is 3. The average molecular weight is 451 g/mol. The van der Waals surface area contributed by atoms with Gasteiger partial charge in [0.05, 0.1) is 17.8 Å². The molecule has 2 aliphatic heterocycles. The first-order chi connectivity index (χ1) is 15.3. The van der Waals surface area contributed by atoms with Crippen molar-refractivity contribution in [2.24, 2.45) is 11.7 Å². The van der Waals surface area contributed by atoms with Crippen LogP contribution in [0.2, 0.25) is 0 Å². The fourth-order valence-corrected chi connectivity index (χ4v) is 4.85. The van der Waals surface area contributed by atoms with E-state index in [-0.39, 0.29) is 23.7 Å². The molecule has 0 spiro atoms. The number of likely N-dealkylation sites (tertiary alicyclic amines) is 1. The normalized spacial score (nSPS) is 22.6. The largest absolute Gasteiger partial charge is 0.504 e. The van der Waals surface area contributed by atoms with Crippen LogP contribution in [0.15, 0.2) is 36.4 Å². The molecular weight excluding hydrogens is 421 g/mol. The molecule has 2 unspecified atom stereocenters. The van der Waals surface area contributed by atoms with Crippen LogP contribution in [0.1, 0.15) is 41.2 Å². The van der Waals surface area contributed by atoms with Gasteiger partial charge in [0.1, 0.15) is 0 Å². The van der Waals surface area contributed by atoms with Gasteiger partial charge in [0.25, 0.3) is 0 Å². The monoisotopic (exact) mass is 450 g/mol. The molecule has 0 aliphatic carbocycles. The summed E-state index contributed by atoms with van der Waals surface area (Å²) in [6, 6.07) is 8.62. The van der Waals surface area contributed by atoms with Crippen molar-refractivity contribution < 1.29 is 28.1 Å². The number of ether oxygens (including phenoxy) is 1. The fraction of sp³-hybridized carbons (Fsp3) is 0.500. The van der Waals surface area contributed by atoms with E-state index in [1.165, 1.54) is 6.07 Å². The van der Waals surface area contributed by atoms with E-state index in [2.05, 4.69) is 4.90 Å². The van der Waals surface area contributed by atoms with Crippen LogP contribution in [0.25, 0.3) is 0 Å². The van der Waals surface area contributed by atoms with Gasteiger partial charge in [0, 0.05) is 25.1 Å². The zero-order valence-corrected chi connectivity index (χ0v) is 17.8. The van der Waals surface area contributed by atoms with E-state index in [0.717, 1.165) is 61.3 Å². The van der Waals surface area contributed by atoms with Gasteiger partial charge in [-0.15, -0.1) is 0 Å². The summed E-state index contributed by atoms with van der Waals surface area (Å²) in [5.41, 5.74) is 7.75. The Morgan fingerprint density at radius 2 is 1.72 bits per heavy atom. The van der Waals surface area contributed by atoms with Crippen molar-refractivity contribution in [2.45, 2.75) is 44.1 Å². The Labute approximate surface area is 185 Å². The van der Waals surface area contributed by atoms with E-state index in [1.807, 2.05) is 0 Å². The fourth-order valence-electron chi connectivity index (χ4n) is 4.85. The molecule has 0 saturated carbocycles. The number of rotatable bonds is 5. The van der Waals surface area contributed by atoms with Crippen molar-refractivity contribution in [3.8, 4) is 11.5 Å². The van der Waals surface area contributed by atoms with Crippen LogP contribution in [-0.4, -0.2) is 47.4 Å². The summed E-state index contributed by atoms with van der Waals surface area (Å²) >= 11 is 0. The van der Waals surface area contributed by atoms with Crippen LogP contribution < -0.4 is 5.73 Å². The summed E-state index contributed by atoms with van der Waals surface area (Å²) in [6.45, 7) is 2.88. The van der Waals surface area contributed by atoms with Gasteiger partial charge in [-0.05, 0) is 67.6 Å². The highest BCUT2D eigenvalue weighted by Gasteiger charge is 2.35. The second-order valence-electron chi connectivity index (χ2n) is 8.73. The van der Waals surface area contributed by atoms with Crippen molar-refractivity contribution >= 4 is 0 Å². The van der Waals surface area contributed by atoms with Crippen molar-refractivity contribution in [2.75, 3.05) is 26.2 Å². The number of hydrogen-bond donors (Lipinski definition) is 3. The summed E-state index contributed by atoms with van der Waals surface area (Å²) in [4.78, 5) is 2.33. The Hall–Kier alpha value is -2.29. The Kier molecular flexibility index (Phi) is 6.65. The minimum absolute atomic E-state index is 0.0687. The van der Waals surface area contributed by atoms with Crippen LogP contribution in [0.3, 0.4) is 0 Å². The first-order valence-electron chi connectivity index (χ1n) is 11.0. The molecule has 1 saturated heterocycles. The van der Waals surface area contributed by atoms with Crippen molar-refractivity contribution in [1.29, 1.82) is 0 Å². The molecule has 0 bridgehead atoms. The summed E-state index contributed by atoms with van der Waals surface area (Å²) < 4.78 is 44.4. The molecular formula is C24H29F3N2O3. The Balaban J connectivity index is 1.31. The molecule has 1 fully saturated rings. The lowest BCUT2D eigenvalue weighted by Gasteiger charge is -2.40. The third-order valence-electron chi connectivity index (χ3n) is 6.76. The second kappa shape index (κ2) is 9.29.